The van der Waals surface area contributed by atoms with E-state index >= 15 is 0 Å². The number of benzene rings is 2. The summed E-state index contributed by atoms with van der Waals surface area (Å²) in [6.45, 7) is 5.73. The molecule has 174 valence electrons. The summed E-state index contributed by atoms with van der Waals surface area (Å²) in [4.78, 5) is 26.1. The summed E-state index contributed by atoms with van der Waals surface area (Å²) in [7, 11) is 0. The van der Waals surface area contributed by atoms with E-state index in [1.165, 1.54) is 29.5 Å². The third-order valence-corrected chi connectivity index (χ3v) is 6.11. The molecule has 0 aliphatic heterocycles. The van der Waals surface area contributed by atoms with Crippen LogP contribution in [0.4, 0.5) is 9.39 Å². The predicted octanol–water partition coefficient (Wildman–Crippen LogP) is 5.81. The van der Waals surface area contributed by atoms with Gasteiger partial charge in [0.05, 0.1) is 12.2 Å². The van der Waals surface area contributed by atoms with Crippen molar-refractivity contribution in [2.75, 3.05) is 11.9 Å². The molecular weight excluding hydrogens is 455 g/mol. The zero-order chi connectivity index (χ0) is 24.7. The standard InChI is InChI=1S/C26H23FN2O4S/c1-4-32-26(31)23-16(2)17(3)34-25(23)29-24(30)20(14-28)13-19-7-5-6-8-22(19)33-15-18-9-11-21(27)12-10-18/h5-13H,4,15H2,1-3H3,(H,29,30)/b20-13+. The van der Waals surface area contributed by atoms with Crippen LogP contribution in [0.15, 0.2) is 54.1 Å². The van der Waals surface area contributed by atoms with Crippen molar-refractivity contribution >= 4 is 34.3 Å². The molecule has 1 heterocycles. The summed E-state index contributed by atoms with van der Waals surface area (Å²) >= 11 is 1.25. The number of carbonyl (C=O) groups is 2. The summed E-state index contributed by atoms with van der Waals surface area (Å²) in [5.74, 6) is -1.05. The van der Waals surface area contributed by atoms with E-state index in [-0.39, 0.29) is 30.2 Å². The Bertz CT molecular complexity index is 1270. The number of nitrogens with zero attached hydrogens (tertiary/aromatic N) is 1. The van der Waals surface area contributed by atoms with Gasteiger partial charge in [0.25, 0.3) is 5.91 Å². The largest absolute Gasteiger partial charge is 0.488 e. The van der Waals surface area contributed by atoms with Crippen molar-refractivity contribution in [3.8, 4) is 11.8 Å². The van der Waals surface area contributed by atoms with E-state index in [9.17, 15) is 19.2 Å². The van der Waals surface area contributed by atoms with Crippen molar-refractivity contribution in [2.24, 2.45) is 0 Å². The quantitative estimate of drug-likeness (QED) is 0.251. The fourth-order valence-corrected chi connectivity index (χ4v) is 4.16. The number of carbonyl (C=O) groups excluding carboxylic acids is 2. The second-order valence-electron chi connectivity index (χ2n) is 7.28. The van der Waals surface area contributed by atoms with Gasteiger partial charge in [-0.15, -0.1) is 11.3 Å². The molecule has 3 aromatic rings. The lowest BCUT2D eigenvalue weighted by Crippen LogP contribution is -2.16. The van der Waals surface area contributed by atoms with Crippen LogP contribution in [-0.2, 0) is 16.1 Å². The molecule has 1 N–H and O–H groups in total. The average molecular weight is 479 g/mol. The number of ether oxygens (including phenoxy) is 2. The van der Waals surface area contributed by atoms with Gasteiger partial charge < -0.3 is 14.8 Å². The fourth-order valence-electron chi connectivity index (χ4n) is 3.11. The number of aryl methyl sites for hydroxylation is 1. The Morgan fingerprint density at radius 2 is 1.85 bits per heavy atom. The summed E-state index contributed by atoms with van der Waals surface area (Å²) < 4.78 is 24.1. The van der Waals surface area contributed by atoms with Gasteiger partial charge in [-0.1, -0.05) is 30.3 Å². The van der Waals surface area contributed by atoms with E-state index in [2.05, 4.69) is 5.32 Å². The molecule has 3 rings (SSSR count). The van der Waals surface area contributed by atoms with Gasteiger partial charge in [-0.25, -0.2) is 9.18 Å². The summed E-state index contributed by atoms with van der Waals surface area (Å²) in [5.41, 5.74) is 2.16. The van der Waals surface area contributed by atoms with Crippen molar-refractivity contribution in [2.45, 2.75) is 27.4 Å². The molecule has 0 atom stereocenters. The third-order valence-electron chi connectivity index (χ3n) is 4.98. The number of anilines is 1. The normalized spacial score (nSPS) is 11.0. The number of nitrogens with one attached hydrogen (secondary N) is 1. The van der Waals surface area contributed by atoms with Crippen LogP contribution in [0.3, 0.4) is 0 Å². The topological polar surface area (TPSA) is 88.4 Å². The van der Waals surface area contributed by atoms with E-state index in [1.807, 2.05) is 13.0 Å². The van der Waals surface area contributed by atoms with Crippen molar-refractivity contribution in [1.29, 1.82) is 5.26 Å². The molecule has 1 amide bonds. The van der Waals surface area contributed by atoms with Gasteiger partial charge >= 0.3 is 5.97 Å². The van der Waals surface area contributed by atoms with Crippen LogP contribution in [0, 0.1) is 31.0 Å². The molecule has 0 unspecified atom stereocenters. The first kappa shape index (κ1) is 24.7. The molecule has 8 heteroatoms. The predicted molar refractivity (Wildman–Crippen MR) is 129 cm³/mol. The van der Waals surface area contributed by atoms with Crippen LogP contribution in [0.25, 0.3) is 6.08 Å². The number of rotatable bonds is 8. The first-order valence-electron chi connectivity index (χ1n) is 10.5. The van der Waals surface area contributed by atoms with E-state index in [4.69, 9.17) is 9.47 Å². The Morgan fingerprint density at radius 1 is 1.15 bits per heavy atom. The highest BCUT2D eigenvalue weighted by atomic mass is 32.1. The molecule has 6 nitrogen and oxygen atoms in total. The maximum absolute atomic E-state index is 13.1. The zero-order valence-electron chi connectivity index (χ0n) is 19.0. The molecule has 1 aromatic heterocycles. The van der Waals surface area contributed by atoms with Gasteiger partial charge in [0.15, 0.2) is 0 Å². The lowest BCUT2D eigenvalue weighted by molar-refractivity contribution is -0.112. The molecule has 0 aliphatic rings. The summed E-state index contributed by atoms with van der Waals surface area (Å²) in [6.07, 6.45) is 1.42. The van der Waals surface area contributed by atoms with Crippen LogP contribution < -0.4 is 10.1 Å². The molecule has 0 fully saturated rings. The Morgan fingerprint density at radius 3 is 2.53 bits per heavy atom. The number of thiophene rings is 1. The van der Waals surface area contributed by atoms with Gasteiger partial charge in [0.1, 0.15) is 34.8 Å². The second kappa shape index (κ2) is 11.3. The van der Waals surface area contributed by atoms with Crippen LogP contribution in [0.1, 0.15) is 38.8 Å². The lowest BCUT2D eigenvalue weighted by Gasteiger charge is -2.10. The minimum absolute atomic E-state index is 0.156. The van der Waals surface area contributed by atoms with E-state index in [1.54, 1.807) is 50.2 Å². The molecule has 0 radical (unpaired) electrons. The van der Waals surface area contributed by atoms with E-state index in [0.717, 1.165) is 16.0 Å². The fraction of sp³-hybridized carbons (Fsp3) is 0.192. The molecule has 0 bridgehead atoms. The molecule has 0 saturated heterocycles. The van der Waals surface area contributed by atoms with Crippen molar-refractivity contribution in [3.63, 3.8) is 0 Å². The van der Waals surface area contributed by atoms with Crippen LogP contribution >= 0.6 is 11.3 Å². The van der Waals surface area contributed by atoms with Crippen LogP contribution in [-0.4, -0.2) is 18.5 Å². The molecular formula is C26H23FN2O4S. The number of para-hydroxylation sites is 1. The van der Waals surface area contributed by atoms with E-state index in [0.29, 0.717) is 16.3 Å². The number of nitriles is 1. The van der Waals surface area contributed by atoms with Gasteiger partial charge in [0.2, 0.25) is 0 Å². The Balaban J connectivity index is 1.83. The van der Waals surface area contributed by atoms with Gasteiger partial charge in [-0.3, -0.25) is 4.79 Å². The highest BCUT2D eigenvalue weighted by Gasteiger charge is 2.23. The highest BCUT2D eigenvalue weighted by molar-refractivity contribution is 7.16. The second-order valence-corrected chi connectivity index (χ2v) is 8.51. The number of esters is 1. The van der Waals surface area contributed by atoms with Gasteiger partial charge in [0, 0.05) is 10.4 Å². The number of halogens is 1. The molecule has 0 spiro atoms. The van der Waals surface area contributed by atoms with Crippen LogP contribution in [0.5, 0.6) is 5.75 Å². The maximum Gasteiger partial charge on any atom is 0.341 e. The Kier molecular flexibility index (Phi) is 8.17. The Labute approximate surface area is 201 Å². The summed E-state index contributed by atoms with van der Waals surface area (Å²) in [6, 6.07) is 14.8. The minimum atomic E-state index is -0.650. The average Bonchev–Trinajstić information content (AvgIpc) is 3.10. The smallest absolute Gasteiger partial charge is 0.341 e. The monoisotopic (exact) mass is 478 g/mol. The Hall–Kier alpha value is -3.96. The van der Waals surface area contributed by atoms with Crippen molar-refractivity contribution < 1.29 is 23.5 Å². The minimum Gasteiger partial charge on any atom is -0.488 e. The highest BCUT2D eigenvalue weighted by Crippen LogP contribution is 2.33. The first-order valence-corrected chi connectivity index (χ1v) is 11.3. The number of hydrogen-bond acceptors (Lipinski definition) is 6. The molecule has 0 aliphatic carbocycles. The van der Waals surface area contributed by atoms with Crippen molar-refractivity contribution in [1.82, 2.24) is 0 Å². The molecule has 2 aromatic carbocycles. The van der Waals surface area contributed by atoms with E-state index < -0.39 is 11.9 Å². The third kappa shape index (κ3) is 5.88. The number of hydrogen-bond donors (Lipinski definition) is 1. The molecule has 0 saturated carbocycles. The van der Waals surface area contributed by atoms with Crippen molar-refractivity contribution in [3.05, 3.63) is 87.1 Å². The maximum atomic E-state index is 13.1. The molecule has 34 heavy (non-hydrogen) atoms. The van der Waals surface area contributed by atoms with Gasteiger partial charge in [-0.2, -0.15) is 5.26 Å². The SMILES string of the molecule is CCOC(=O)c1c(NC(=O)/C(C#N)=C/c2ccccc2OCc2ccc(F)cc2)sc(C)c1C. The number of amides is 1. The lowest BCUT2D eigenvalue weighted by atomic mass is 10.1. The zero-order valence-corrected chi connectivity index (χ0v) is 19.8. The van der Waals surface area contributed by atoms with Crippen LogP contribution in [0.2, 0.25) is 0 Å². The van der Waals surface area contributed by atoms with Gasteiger partial charge in [-0.05, 0) is 56.2 Å². The first-order chi connectivity index (χ1) is 16.3. The summed E-state index contributed by atoms with van der Waals surface area (Å²) in [5, 5.41) is 12.7.